The molecule has 33 heavy (non-hydrogen) atoms. The zero-order valence-corrected chi connectivity index (χ0v) is 19.9. The average Bonchev–Trinajstić information content (AvgIpc) is 3.18. The molecule has 8 heteroatoms. The van der Waals surface area contributed by atoms with E-state index in [9.17, 15) is 9.59 Å². The predicted molar refractivity (Wildman–Crippen MR) is 126 cm³/mol. The fourth-order valence-corrected chi connectivity index (χ4v) is 5.92. The van der Waals surface area contributed by atoms with Gasteiger partial charge in [-0.1, -0.05) is 0 Å². The van der Waals surface area contributed by atoms with Crippen molar-refractivity contribution in [1.29, 1.82) is 0 Å². The zero-order chi connectivity index (χ0) is 23.1. The molecule has 2 amide bonds. The van der Waals surface area contributed by atoms with Gasteiger partial charge in [0, 0.05) is 70.2 Å². The Hall–Kier alpha value is -2.90. The lowest BCUT2D eigenvalue weighted by molar-refractivity contribution is -0.142. The average molecular weight is 451 g/mol. The maximum atomic E-state index is 13.0. The number of piperidine rings is 3. The Bertz CT molecular complexity index is 1030. The van der Waals surface area contributed by atoms with Gasteiger partial charge in [0.05, 0.1) is 11.3 Å². The molecule has 3 atom stereocenters. The van der Waals surface area contributed by atoms with Crippen molar-refractivity contribution in [3.63, 3.8) is 0 Å². The maximum absolute atomic E-state index is 13.0. The van der Waals surface area contributed by atoms with Crippen molar-refractivity contribution < 1.29 is 9.59 Å². The normalized spacial score (nSPS) is 24.6. The maximum Gasteiger partial charge on any atom is 0.255 e. The Morgan fingerprint density at radius 2 is 2.09 bits per heavy atom. The van der Waals surface area contributed by atoms with Gasteiger partial charge in [0.25, 0.3) is 5.91 Å². The van der Waals surface area contributed by atoms with Crippen LogP contribution in [0.4, 0.5) is 5.82 Å². The Kier molecular flexibility index (Phi) is 5.85. The summed E-state index contributed by atoms with van der Waals surface area (Å²) in [5.74, 6) is 2.26. The molecule has 0 aromatic carbocycles. The van der Waals surface area contributed by atoms with E-state index in [1.807, 2.05) is 37.0 Å². The molecule has 3 saturated heterocycles. The molecule has 0 spiro atoms. The number of hydrogen-bond acceptors (Lipinski definition) is 5. The first-order valence-electron chi connectivity index (χ1n) is 12.2. The number of pyridine rings is 1. The highest BCUT2D eigenvalue weighted by Crippen LogP contribution is 2.38. The molecule has 0 unspecified atom stereocenters. The van der Waals surface area contributed by atoms with E-state index in [1.165, 1.54) is 6.42 Å². The number of fused-ring (bicyclic) bond motifs is 4. The molecular weight excluding hydrogens is 416 g/mol. The SMILES string of the molecule is CCn1cc(CN(C)C(=O)c2ccc(N3C[C@H]4C[C@H](C3)[C@H]3CCCC(=O)N3C4)nc2)c(C)n1. The Labute approximate surface area is 195 Å². The molecule has 176 valence electrons. The second kappa shape index (κ2) is 8.80. The number of aryl methyl sites for hydroxylation is 2. The Morgan fingerprint density at radius 3 is 2.82 bits per heavy atom. The van der Waals surface area contributed by atoms with Crippen LogP contribution in [0, 0.1) is 18.8 Å². The zero-order valence-electron chi connectivity index (χ0n) is 19.9. The van der Waals surface area contributed by atoms with Crippen LogP contribution >= 0.6 is 0 Å². The summed E-state index contributed by atoms with van der Waals surface area (Å²) in [5, 5.41) is 4.47. The van der Waals surface area contributed by atoms with Crippen molar-refractivity contribution in [2.45, 2.75) is 58.7 Å². The molecule has 0 saturated carbocycles. The van der Waals surface area contributed by atoms with Crippen LogP contribution in [0.2, 0.25) is 0 Å². The van der Waals surface area contributed by atoms with Gasteiger partial charge < -0.3 is 14.7 Å². The van der Waals surface area contributed by atoms with Gasteiger partial charge in [-0.25, -0.2) is 4.98 Å². The number of carbonyl (C=O) groups excluding carboxylic acids is 2. The summed E-state index contributed by atoms with van der Waals surface area (Å²) >= 11 is 0. The number of rotatable bonds is 5. The van der Waals surface area contributed by atoms with E-state index in [4.69, 9.17) is 0 Å². The minimum Gasteiger partial charge on any atom is -0.356 e. The molecule has 3 fully saturated rings. The van der Waals surface area contributed by atoms with Crippen LogP contribution in [-0.2, 0) is 17.9 Å². The van der Waals surface area contributed by atoms with Gasteiger partial charge in [-0.05, 0) is 57.1 Å². The molecule has 2 aromatic heterocycles. The largest absolute Gasteiger partial charge is 0.356 e. The lowest BCUT2D eigenvalue weighted by Crippen LogP contribution is -2.60. The smallest absolute Gasteiger partial charge is 0.255 e. The van der Waals surface area contributed by atoms with Gasteiger partial charge in [0.2, 0.25) is 5.91 Å². The summed E-state index contributed by atoms with van der Waals surface area (Å²) in [5.41, 5.74) is 2.62. The lowest BCUT2D eigenvalue weighted by atomic mass is 9.76. The summed E-state index contributed by atoms with van der Waals surface area (Å²) in [7, 11) is 1.82. The minimum absolute atomic E-state index is 0.0374. The molecular formula is C25H34N6O2. The van der Waals surface area contributed by atoms with E-state index in [2.05, 4.69) is 26.8 Å². The molecule has 5 heterocycles. The molecule has 0 N–H and O–H groups in total. The van der Waals surface area contributed by atoms with Crippen molar-refractivity contribution in [2.24, 2.45) is 11.8 Å². The van der Waals surface area contributed by atoms with Gasteiger partial charge in [-0.3, -0.25) is 14.3 Å². The number of carbonyl (C=O) groups is 2. The highest BCUT2D eigenvalue weighted by molar-refractivity contribution is 5.93. The number of anilines is 1. The molecule has 0 radical (unpaired) electrons. The monoisotopic (exact) mass is 450 g/mol. The van der Waals surface area contributed by atoms with Crippen LogP contribution in [0.5, 0.6) is 0 Å². The standard InChI is InChI=1S/C25H34N6O2/c1-4-30-16-21(17(2)27-30)14-28(3)25(33)19-8-9-23(26-11-19)29-12-18-10-20(15-29)22-6-5-7-24(32)31(22)13-18/h8-9,11,16,18,20,22H,4-7,10,12-15H2,1-3H3/t18-,20-,22-/m1/s1. The number of hydrogen-bond donors (Lipinski definition) is 0. The summed E-state index contributed by atoms with van der Waals surface area (Å²) in [6, 6.07) is 4.26. The third-order valence-corrected chi connectivity index (χ3v) is 7.62. The predicted octanol–water partition coefficient (Wildman–Crippen LogP) is 2.72. The lowest BCUT2D eigenvalue weighted by Gasteiger charge is -2.52. The topological polar surface area (TPSA) is 74.6 Å². The third-order valence-electron chi connectivity index (χ3n) is 7.62. The summed E-state index contributed by atoms with van der Waals surface area (Å²) < 4.78 is 1.90. The van der Waals surface area contributed by atoms with Gasteiger partial charge in [-0.15, -0.1) is 0 Å². The molecule has 3 aliphatic heterocycles. The first-order valence-corrected chi connectivity index (χ1v) is 12.2. The van der Waals surface area contributed by atoms with E-state index in [-0.39, 0.29) is 5.91 Å². The Morgan fingerprint density at radius 1 is 1.24 bits per heavy atom. The van der Waals surface area contributed by atoms with Crippen molar-refractivity contribution >= 4 is 17.6 Å². The first-order chi connectivity index (χ1) is 15.9. The summed E-state index contributed by atoms with van der Waals surface area (Å²) in [6.07, 6.45) is 7.78. The van der Waals surface area contributed by atoms with Crippen molar-refractivity contribution in [1.82, 2.24) is 24.6 Å². The number of nitrogens with zero attached hydrogens (tertiary/aromatic N) is 6. The molecule has 2 aromatic rings. The Balaban J connectivity index is 1.24. The number of aromatic nitrogens is 3. The highest BCUT2D eigenvalue weighted by Gasteiger charge is 2.44. The van der Waals surface area contributed by atoms with Crippen LogP contribution < -0.4 is 4.90 Å². The second-order valence-corrected chi connectivity index (χ2v) is 9.93. The summed E-state index contributed by atoms with van der Waals surface area (Å²) in [6.45, 7) is 8.12. The van der Waals surface area contributed by atoms with E-state index < -0.39 is 0 Å². The molecule has 2 bridgehead atoms. The molecule has 8 nitrogen and oxygen atoms in total. The van der Waals surface area contributed by atoms with Gasteiger partial charge in [0.15, 0.2) is 0 Å². The van der Waals surface area contributed by atoms with Crippen LogP contribution in [0.1, 0.15) is 54.2 Å². The summed E-state index contributed by atoms with van der Waals surface area (Å²) in [4.78, 5) is 36.3. The van der Waals surface area contributed by atoms with Gasteiger partial charge in [-0.2, -0.15) is 5.10 Å². The van der Waals surface area contributed by atoms with Crippen LogP contribution in [-0.4, -0.2) is 69.1 Å². The van der Waals surface area contributed by atoms with Crippen molar-refractivity contribution in [3.05, 3.63) is 41.3 Å². The minimum atomic E-state index is -0.0374. The van der Waals surface area contributed by atoms with Crippen LogP contribution in [0.15, 0.2) is 24.5 Å². The molecule has 0 aliphatic carbocycles. The van der Waals surface area contributed by atoms with E-state index >= 15 is 0 Å². The number of amides is 2. The molecule has 3 aliphatic rings. The second-order valence-electron chi connectivity index (χ2n) is 9.93. The van der Waals surface area contributed by atoms with Gasteiger partial charge in [0.1, 0.15) is 5.82 Å². The van der Waals surface area contributed by atoms with Crippen molar-refractivity contribution in [3.8, 4) is 0 Å². The van der Waals surface area contributed by atoms with Gasteiger partial charge >= 0.3 is 0 Å². The van der Waals surface area contributed by atoms with E-state index in [0.717, 1.165) is 56.1 Å². The first kappa shape index (κ1) is 21.9. The highest BCUT2D eigenvalue weighted by atomic mass is 16.2. The quantitative estimate of drug-likeness (QED) is 0.700. The fourth-order valence-electron chi connectivity index (χ4n) is 5.92. The molecule has 5 rings (SSSR count). The van der Waals surface area contributed by atoms with Crippen LogP contribution in [0.3, 0.4) is 0 Å². The third kappa shape index (κ3) is 4.23. The fraction of sp³-hybridized carbons (Fsp3) is 0.600. The van der Waals surface area contributed by atoms with E-state index in [1.54, 1.807) is 11.1 Å². The van der Waals surface area contributed by atoms with Crippen molar-refractivity contribution in [2.75, 3.05) is 31.6 Å². The van der Waals surface area contributed by atoms with E-state index in [0.29, 0.717) is 42.3 Å². The van der Waals surface area contributed by atoms with Crippen LogP contribution in [0.25, 0.3) is 0 Å².